The van der Waals surface area contributed by atoms with E-state index in [1.54, 1.807) is 0 Å². The molecule has 0 saturated heterocycles. The van der Waals surface area contributed by atoms with Crippen LogP contribution in [0.1, 0.15) is 52.4 Å². The first-order valence-corrected chi connectivity index (χ1v) is 6.82. The second-order valence-corrected chi connectivity index (χ2v) is 5.27. The minimum absolute atomic E-state index is 0.195. The van der Waals surface area contributed by atoms with Gasteiger partial charge in [-0.15, -0.1) is 0 Å². The van der Waals surface area contributed by atoms with E-state index in [2.05, 4.69) is 17.6 Å². The van der Waals surface area contributed by atoms with E-state index in [1.165, 1.54) is 0 Å². The van der Waals surface area contributed by atoms with E-state index in [0.29, 0.717) is 12.3 Å². The molecule has 1 aliphatic carbocycles. The molecular formula is C13H24N2O3. The zero-order valence-corrected chi connectivity index (χ0v) is 11.2. The fraction of sp³-hybridized carbons (Fsp3) is 0.846. The van der Waals surface area contributed by atoms with E-state index in [4.69, 9.17) is 5.11 Å². The molecule has 3 atom stereocenters. The topological polar surface area (TPSA) is 78.4 Å². The molecule has 0 aromatic heterocycles. The highest BCUT2D eigenvalue weighted by molar-refractivity contribution is 5.82. The third kappa shape index (κ3) is 4.94. The van der Waals surface area contributed by atoms with Crippen molar-refractivity contribution in [2.24, 2.45) is 5.92 Å². The van der Waals surface area contributed by atoms with Crippen LogP contribution in [0.3, 0.4) is 0 Å². The SMILES string of the molecule is CCCC[C@H](NC(=O)NC1CCC(C)C1)C(=O)O. The van der Waals surface area contributed by atoms with Crippen LogP contribution in [0.4, 0.5) is 4.79 Å². The Kier molecular flexibility index (Phi) is 5.95. The van der Waals surface area contributed by atoms with Crippen LogP contribution >= 0.6 is 0 Å². The van der Waals surface area contributed by atoms with Gasteiger partial charge in [-0.1, -0.05) is 26.7 Å². The number of carbonyl (C=O) groups is 2. The van der Waals surface area contributed by atoms with Gasteiger partial charge in [0, 0.05) is 6.04 Å². The van der Waals surface area contributed by atoms with E-state index in [9.17, 15) is 9.59 Å². The van der Waals surface area contributed by atoms with Gasteiger partial charge in [0.05, 0.1) is 0 Å². The number of carbonyl (C=O) groups excluding carboxylic acids is 1. The Morgan fingerprint density at radius 1 is 1.39 bits per heavy atom. The standard InChI is InChI=1S/C13H24N2O3/c1-3-4-5-11(12(16)17)15-13(18)14-10-7-6-9(2)8-10/h9-11H,3-8H2,1-2H3,(H,16,17)(H2,14,15,18)/t9?,10?,11-/m0/s1. The number of aliphatic carboxylic acids is 1. The van der Waals surface area contributed by atoms with Crippen molar-refractivity contribution in [2.75, 3.05) is 0 Å². The van der Waals surface area contributed by atoms with Gasteiger partial charge in [0.1, 0.15) is 6.04 Å². The third-order valence-electron chi connectivity index (χ3n) is 3.48. The first-order chi connectivity index (χ1) is 8.52. The quantitative estimate of drug-likeness (QED) is 0.681. The summed E-state index contributed by atoms with van der Waals surface area (Å²) in [5.74, 6) is -0.316. The van der Waals surface area contributed by atoms with Crippen LogP contribution in [0, 0.1) is 5.92 Å². The van der Waals surface area contributed by atoms with Crippen molar-refractivity contribution >= 4 is 12.0 Å². The zero-order chi connectivity index (χ0) is 13.5. The molecule has 18 heavy (non-hydrogen) atoms. The van der Waals surface area contributed by atoms with E-state index in [0.717, 1.165) is 32.1 Å². The van der Waals surface area contributed by atoms with Crippen LogP contribution in [-0.4, -0.2) is 29.2 Å². The van der Waals surface area contributed by atoms with Crippen LogP contribution < -0.4 is 10.6 Å². The minimum Gasteiger partial charge on any atom is -0.480 e. The summed E-state index contributed by atoms with van der Waals surface area (Å²) >= 11 is 0. The number of unbranched alkanes of at least 4 members (excludes halogenated alkanes) is 1. The van der Waals surface area contributed by atoms with Crippen molar-refractivity contribution in [1.82, 2.24) is 10.6 Å². The molecular weight excluding hydrogens is 232 g/mol. The highest BCUT2D eigenvalue weighted by Crippen LogP contribution is 2.24. The molecule has 1 rings (SSSR count). The summed E-state index contributed by atoms with van der Waals surface area (Å²) in [6.45, 7) is 4.17. The second-order valence-electron chi connectivity index (χ2n) is 5.27. The molecule has 0 aromatic carbocycles. The van der Waals surface area contributed by atoms with Crippen LogP contribution in [0.2, 0.25) is 0 Å². The Labute approximate surface area is 108 Å². The molecule has 0 aromatic rings. The van der Waals surface area contributed by atoms with Gasteiger partial charge in [0.25, 0.3) is 0 Å². The monoisotopic (exact) mass is 256 g/mol. The fourth-order valence-electron chi connectivity index (χ4n) is 2.39. The average Bonchev–Trinajstić information content (AvgIpc) is 2.69. The summed E-state index contributed by atoms with van der Waals surface area (Å²) in [5, 5.41) is 14.4. The first kappa shape index (κ1) is 14.8. The van der Waals surface area contributed by atoms with Gasteiger partial charge in [-0.3, -0.25) is 0 Å². The van der Waals surface area contributed by atoms with E-state index in [-0.39, 0.29) is 12.1 Å². The smallest absolute Gasteiger partial charge is 0.326 e. The molecule has 2 unspecified atom stereocenters. The molecule has 0 radical (unpaired) electrons. The van der Waals surface area contributed by atoms with Crippen molar-refractivity contribution in [3.8, 4) is 0 Å². The van der Waals surface area contributed by atoms with E-state index in [1.807, 2.05) is 6.92 Å². The number of hydrogen-bond acceptors (Lipinski definition) is 2. The van der Waals surface area contributed by atoms with Crippen LogP contribution in [0.5, 0.6) is 0 Å². The molecule has 0 heterocycles. The molecule has 3 N–H and O–H groups in total. The molecule has 5 heteroatoms. The number of urea groups is 1. The Hall–Kier alpha value is -1.26. The lowest BCUT2D eigenvalue weighted by atomic mass is 10.1. The highest BCUT2D eigenvalue weighted by atomic mass is 16.4. The average molecular weight is 256 g/mol. The Morgan fingerprint density at radius 3 is 2.61 bits per heavy atom. The van der Waals surface area contributed by atoms with Gasteiger partial charge in [-0.05, 0) is 31.6 Å². The predicted molar refractivity (Wildman–Crippen MR) is 69.4 cm³/mol. The lowest BCUT2D eigenvalue weighted by Crippen LogP contribution is -2.48. The first-order valence-electron chi connectivity index (χ1n) is 6.82. The number of amides is 2. The molecule has 0 spiro atoms. The van der Waals surface area contributed by atoms with E-state index < -0.39 is 12.0 Å². The van der Waals surface area contributed by atoms with Gasteiger partial charge >= 0.3 is 12.0 Å². The van der Waals surface area contributed by atoms with Crippen molar-refractivity contribution < 1.29 is 14.7 Å². The Morgan fingerprint density at radius 2 is 2.11 bits per heavy atom. The lowest BCUT2D eigenvalue weighted by Gasteiger charge is -2.17. The molecule has 0 aliphatic heterocycles. The molecule has 104 valence electrons. The maximum atomic E-state index is 11.7. The molecule has 5 nitrogen and oxygen atoms in total. The predicted octanol–water partition coefficient (Wildman–Crippen LogP) is 2.12. The number of hydrogen-bond donors (Lipinski definition) is 3. The third-order valence-corrected chi connectivity index (χ3v) is 3.48. The lowest BCUT2D eigenvalue weighted by molar-refractivity contribution is -0.139. The number of carboxylic acids is 1. The minimum atomic E-state index is -0.960. The number of nitrogens with one attached hydrogen (secondary N) is 2. The van der Waals surface area contributed by atoms with Gasteiger partial charge in [-0.2, -0.15) is 0 Å². The number of carboxylic acid groups (broad SMARTS) is 1. The van der Waals surface area contributed by atoms with Crippen molar-refractivity contribution in [3.63, 3.8) is 0 Å². The zero-order valence-electron chi connectivity index (χ0n) is 11.2. The largest absolute Gasteiger partial charge is 0.480 e. The fourth-order valence-corrected chi connectivity index (χ4v) is 2.39. The normalized spacial score (nSPS) is 24.6. The Bertz CT molecular complexity index is 294. The maximum absolute atomic E-state index is 11.7. The molecule has 1 aliphatic rings. The summed E-state index contributed by atoms with van der Waals surface area (Å²) in [6.07, 6.45) is 5.32. The maximum Gasteiger partial charge on any atom is 0.326 e. The van der Waals surface area contributed by atoms with Crippen molar-refractivity contribution in [3.05, 3.63) is 0 Å². The summed E-state index contributed by atoms with van der Waals surface area (Å²) < 4.78 is 0. The van der Waals surface area contributed by atoms with Crippen molar-refractivity contribution in [1.29, 1.82) is 0 Å². The van der Waals surface area contributed by atoms with Crippen LogP contribution in [0.15, 0.2) is 0 Å². The summed E-state index contributed by atoms with van der Waals surface area (Å²) in [5.41, 5.74) is 0. The molecule has 1 fully saturated rings. The van der Waals surface area contributed by atoms with Gasteiger partial charge in [-0.25, -0.2) is 9.59 Å². The van der Waals surface area contributed by atoms with Gasteiger partial charge in [0.15, 0.2) is 0 Å². The van der Waals surface area contributed by atoms with Gasteiger partial charge in [0.2, 0.25) is 0 Å². The second kappa shape index (κ2) is 7.24. The van der Waals surface area contributed by atoms with Crippen LogP contribution in [-0.2, 0) is 4.79 Å². The number of rotatable bonds is 6. The molecule has 1 saturated carbocycles. The summed E-state index contributed by atoms with van der Waals surface area (Å²) in [6, 6.07) is -0.929. The molecule has 2 amide bonds. The summed E-state index contributed by atoms with van der Waals surface area (Å²) in [4.78, 5) is 22.7. The van der Waals surface area contributed by atoms with Crippen molar-refractivity contribution in [2.45, 2.75) is 64.5 Å². The molecule has 0 bridgehead atoms. The van der Waals surface area contributed by atoms with Gasteiger partial charge < -0.3 is 15.7 Å². The van der Waals surface area contributed by atoms with Crippen LogP contribution in [0.25, 0.3) is 0 Å². The highest BCUT2D eigenvalue weighted by Gasteiger charge is 2.25. The van der Waals surface area contributed by atoms with E-state index >= 15 is 0 Å². The summed E-state index contributed by atoms with van der Waals surface area (Å²) in [7, 11) is 0. The Balaban J connectivity index is 2.34.